The van der Waals surface area contributed by atoms with Gasteiger partial charge in [0.25, 0.3) is 0 Å². The number of amides is 1. The maximum atomic E-state index is 14.5. The van der Waals surface area contributed by atoms with Gasteiger partial charge < -0.3 is 24.8 Å². The van der Waals surface area contributed by atoms with Crippen LogP contribution in [0.4, 0.5) is 10.5 Å². The summed E-state index contributed by atoms with van der Waals surface area (Å²) in [6.45, 7) is 12.4. The Labute approximate surface area is 301 Å². The highest BCUT2D eigenvalue weighted by atomic mass is 16.6. The molecule has 8 atom stereocenters. The van der Waals surface area contributed by atoms with Crippen molar-refractivity contribution in [3.63, 3.8) is 0 Å². The summed E-state index contributed by atoms with van der Waals surface area (Å²) in [4.78, 5) is 53.5. The molecule has 7 aliphatic carbocycles. The number of esters is 1. The van der Waals surface area contributed by atoms with E-state index in [1.807, 2.05) is 26.8 Å². The molecule has 274 valence electrons. The van der Waals surface area contributed by atoms with E-state index in [0.717, 1.165) is 62.8 Å². The van der Waals surface area contributed by atoms with Crippen LogP contribution in [0.25, 0.3) is 0 Å². The van der Waals surface area contributed by atoms with E-state index >= 15 is 0 Å². The van der Waals surface area contributed by atoms with E-state index in [2.05, 4.69) is 48.3 Å². The van der Waals surface area contributed by atoms with E-state index in [0.29, 0.717) is 13.0 Å². The van der Waals surface area contributed by atoms with Crippen LogP contribution in [-0.2, 0) is 30.3 Å². The number of anilines is 1. The number of fused-ring (bicyclic) bond motifs is 7. The van der Waals surface area contributed by atoms with Crippen molar-refractivity contribution in [3.05, 3.63) is 53.6 Å². The average Bonchev–Trinajstić information content (AvgIpc) is 3.51. The lowest BCUT2D eigenvalue weighted by molar-refractivity contribution is -0.163. The third kappa shape index (κ3) is 5.26. The largest absolute Gasteiger partial charge is 0.458 e. The third-order valence-electron chi connectivity index (χ3n) is 14.7. The first kappa shape index (κ1) is 34.6. The van der Waals surface area contributed by atoms with Crippen molar-refractivity contribution in [2.24, 2.45) is 45.3 Å². The molecule has 0 aromatic heterocycles. The quantitative estimate of drug-likeness (QED) is 0.327. The number of rotatable bonds is 7. The van der Waals surface area contributed by atoms with Crippen LogP contribution in [0.3, 0.4) is 0 Å². The fraction of sp³-hybridized carbons (Fsp3) is 0.667. The molecule has 9 heteroatoms. The summed E-state index contributed by atoms with van der Waals surface area (Å²) in [5, 5.41) is 15.2. The molecule has 6 saturated carbocycles. The van der Waals surface area contributed by atoms with Gasteiger partial charge in [0.1, 0.15) is 5.60 Å². The van der Waals surface area contributed by atoms with E-state index in [1.165, 1.54) is 12.5 Å². The lowest BCUT2D eigenvalue weighted by atomic mass is 9.38. The number of ketones is 2. The summed E-state index contributed by atoms with van der Waals surface area (Å²) in [6.07, 6.45) is 11.5. The molecule has 51 heavy (non-hydrogen) atoms. The molecule has 9 rings (SSSR count). The third-order valence-corrected chi connectivity index (χ3v) is 14.7. The van der Waals surface area contributed by atoms with Crippen molar-refractivity contribution >= 4 is 29.3 Å². The summed E-state index contributed by atoms with van der Waals surface area (Å²) < 4.78 is 10.9. The normalized spacial score (nSPS) is 41.5. The number of allylic oxidation sites excluding steroid dienone is 4. The summed E-state index contributed by atoms with van der Waals surface area (Å²) >= 11 is 0. The molecule has 9 nitrogen and oxygen atoms in total. The smallest absolute Gasteiger partial charge is 0.408 e. The number of hydrogen-bond acceptors (Lipinski definition) is 8. The topological polar surface area (TPSA) is 122 Å². The molecular weight excluding hydrogens is 644 g/mol. The molecule has 1 aliphatic heterocycles. The first-order valence-corrected chi connectivity index (χ1v) is 19.0. The first-order chi connectivity index (χ1) is 23.9. The Bertz CT molecular complexity index is 1720. The van der Waals surface area contributed by atoms with Gasteiger partial charge in [-0.25, -0.2) is 4.79 Å². The number of ether oxygens (including phenoxy) is 2. The summed E-state index contributed by atoms with van der Waals surface area (Å²) in [5.41, 5.74) is 1.48. The molecule has 1 amide bonds. The summed E-state index contributed by atoms with van der Waals surface area (Å²) in [6, 6.07) is 8.78. The lowest BCUT2D eigenvalue weighted by Crippen LogP contribution is -2.75. The number of benzene rings is 1. The molecule has 1 saturated heterocycles. The molecule has 1 aromatic rings. The number of carbonyl (C=O) groups is 4. The Balaban J connectivity index is 0.999. The van der Waals surface area contributed by atoms with Crippen molar-refractivity contribution in [2.45, 2.75) is 110 Å². The highest BCUT2D eigenvalue weighted by molar-refractivity contribution is 6.01. The number of carbonyl (C=O) groups excluding carboxylic acids is 4. The van der Waals surface area contributed by atoms with Crippen LogP contribution < -0.4 is 10.2 Å². The maximum absolute atomic E-state index is 14.5. The van der Waals surface area contributed by atoms with Gasteiger partial charge in [0.2, 0.25) is 0 Å². The minimum absolute atomic E-state index is 0.00734. The Morgan fingerprint density at radius 2 is 1.78 bits per heavy atom. The highest BCUT2D eigenvalue weighted by Gasteiger charge is 2.73. The van der Waals surface area contributed by atoms with E-state index in [1.54, 1.807) is 12.2 Å². The summed E-state index contributed by atoms with van der Waals surface area (Å²) in [5.74, 6) is 0.0727. The van der Waals surface area contributed by atoms with Gasteiger partial charge in [0, 0.05) is 42.6 Å². The molecule has 7 fully saturated rings. The Kier molecular flexibility index (Phi) is 7.65. The second kappa shape index (κ2) is 11.3. The Morgan fingerprint density at radius 3 is 2.45 bits per heavy atom. The number of nitrogens with one attached hydrogen (secondary N) is 1. The van der Waals surface area contributed by atoms with Crippen LogP contribution in [0.5, 0.6) is 0 Å². The first-order valence-electron chi connectivity index (χ1n) is 19.0. The van der Waals surface area contributed by atoms with Crippen LogP contribution in [0, 0.1) is 45.3 Å². The van der Waals surface area contributed by atoms with Crippen LogP contribution in [0.15, 0.2) is 48.1 Å². The van der Waals surface area contributed by atoms with E-state index in [4.69, 9.17) is 9.47 Å². The van der Waals surface area contributed by atoms with Crippen molar-refractivity contribution in [2.75, 3.05) is 24.6 Å². The predicted molar refractivity (Wildman–Crippen MR) is 192 cm³/mol. The fourth-order valence-corrected chi connectivity index (χ4v) is 13.0. The van der Waals surface area contributed by atoms with Gasteiger partial charge in [-0.2, -0.15) is 0 Å². The van der Waals surface area contributed by atoms with Crippen LogP contribution in [-0.4, -0.2) is 65.7 Å². The molecule has 2 N–H and O–H groups in total. The van der Waals surface area contributed by atoms with Crippen LogP contribution in [0.2, 0.25) is 0 Å². The average molecular weight is 699 g/mol. The Hall–Kier alpha value is -3.46. The van der Waals surface area contributed by atoms with E-state index < -0.39 is 28.5 Å². The number of hydrogen-bond donors (Lipinski definition) is 2. The fourth-order valence-electron chi connectivity index (χ4n) is 13.0. The van der Waals surface area contributed by atoms with Gasteiger partial charge in [-0.1, -0.05) is 37.6 Å². The minimum atomic E-state index is -0.756. The maximum Gasteiger partial charge on any atom is 0.408 e. The van der Waals surface area contributed by atoms with Gasteiger partial charge in [-0.3, -0.25) is 14.4 Å². The molecule has 1 unspecified atom stereocenters. The van der Waals surface area contributed by atoms with Crippen molar-refractivity contribution in [1.82, 2.24) is 5.32 Å². The highest BCUT2D eigenvalue weighted by Crippen LogP contribution is 2.73. The number of Topliss-reactive ketones (excluding diaryl/α,β-unsaturated/α-hetero) is 1. The molecule has 0 spiro atoms. The number of nitrogens with zero attached hydrogens (tertiary/aromatic N) is 1. The van der Waals surface area contributed by atoms with Gasteiger partial charge >= 0.3 is 12.1 Å². The zero-order chi connectivity index (χ0) is 36.4. The van der Waals surface area contributed by atoms with Crippen molar-refractivity contribution in [1.29, 1.82) is 0 Å². The van der Waals surface area contributed by atoms with Gasteiger partial charge in [0.05, 0.1) is 11.5 Å². The summed E-state index contributed by atoms with van der Waals surface area (Å²) in [7, 11) is 0. The van der Waals surface area contributed by atoms with Crippen LogP contribution in [0.1, 0.15) is 92.1 Å². The monoisotopic (exact) mass is 698 g/mol. The second-order valence-electron chi connectivity index (χ2n) is 19.0. The zero-order valence-corrected chi connectivity index (χ0v) is 31.1. The Morgan fingerprint density at radius 1 is 1.08 bits per heavy atom. The molecule has 1 aromatic carbocycles. The molecule has 0 radical (unpaired) electrons. The second-order valence-corrected chi connectivity index (χ2v) is 19.0. The number of alkyl carbamates (subject to hydrolysis) is 1. The van der Waals surface area contributed by atoms with Gasteiger partial charge in [-0.05, 0) is 131 Å². The van der Waals surface area contributed by atoms with E-state index in [9.17, 15) is 24.3 Å². The van der Waals surface area contributed by atoms with Gasteiger partial charge in [0.15, 0.2) is 18.2 Å². The number of aliphatic hydroxyl groups excluding tert-OH is 1. The molecule has 8 aliphatic rings. The molecule has 1 heterocycles. The van der Waals surface area contributed by atoms with Crippen molar-refractivity contribution < 1.29 is 33.8 Å². The molecule has 2 bridgehead atoms. The number of aliphatic hydroxyl groups is 1. The SMILES string of the molecule is CC(=O)OCC(=O)[C@@]12CN(c3ccc(CC45CC(NC(=O)OC(C)(C)C)(C4)C5)cc3)C[C@@H]1C[C@H]1[C@@H]3CCC4=CC(=O)C=C[C@]4(C)[C@H]3C(O)C[C@@]12C. The van der Waals surface area contributed by atoms with Crippen LogP contribution >= 0.6 is 0 Å². The minimum Gasteiger partial charge on any atom is -0.458 e. The van der Waals surface area contributed by atoms with E-state index in [-0.39, 0.29) is 64.3 Å². The van der Waals surface area contributed by atoms with Crippen molar-refractivity contribution in [3.8, 4) is 0 Å². The standard InChI is InChI=1S/C42H54N2O7/c1-25(45)50-20-34(48)42-24-44(29-10-7-26(8-11-29)17-40-21-41(22-40,23-40)43-36(49)51-37(2,3)4)19-28(42)16-32-31-12-9-27-15-30(46)13-14-38(27,5)35(31)33(47)18-39(32,42)6/h7-8,10-11,13-15,28,31-33,35,47H,9,12,16-24H2,1-6H3,(H,43,49)/t28-,31-,32-,33?,35+,38-,39-,40?,41?,42+/m0/s1. The molecular formula is C42H54N2O7. The lowest BCUT2D eigenvalue weighted by Gasteiger charge is -2.70. The van der Waals surface area contributed by atoms with Gasteiger partial charge in [-0.15, -0.1) is 0 Å². The zero-order valence-electron chi connectivity index (χ0n) is 31.1. The predicted octanol–water partition coefficient (Wildman–Crippen LogP) is 6.12.